The van der Waals surface area contributed by atoms with Crippen LogP contribution in [0.5, 0.6) is 11.5 Å². The predicted molar refractivity (Wildman–Crippen MR) is 81.1 cm³/mol. The fourth-order valence-electron chi connectivity index (χ4n) is 1.93. The lowest BCUT2D eigenvalue weighted by molar-refractivity contribution is 0.281. The molecule has 0 amide bonds. The smallest absolute Gasteiger partial charge is 0.181 e. The number of rotatable bonds is 5. The molecule has 0 aromatic heterocycles. The van der Waals surface area contributed by atoms with Crippen molar-refractivity contribution >= 4 is 11.6 Å². The molecule has 5 heteroatoms. The van der Waals surface area contributed by atoms with Crippen molar-refractivity contribution in [1.82, 2.24) is 0 Å². The number of benzene rings is 2. The number of nitrogens with two attached hydrogens (primary N) is 1. The molecule has 0 heterocycles. The maximum atomic E-state index is 14.5. The van der Waals surface area contributed by atoms with Gasteiger partial charge in [0.05, 0.1) is 11.6 Å². The number of hydrogen-bond donors (Lipinski definition) is 2. The Hall–Kier alpha value is -1.62. The third kappa shape index (κ3) is 3.53. The number of ether oxygens (including phenoxy) is 1. The van der Waals surface area contributed by atoms with E-state index in [0.29, 0.717) is 17.7 Å². The Bertz CT molecular complexity index is 616. The van der Waals surface area contributed by atoms with Crippen molar-refractivity contribution in [2.45, 2.75) is 26.0 Å². The first kappa shape index (κ1) is 15.8. The molecule has 0 saturated carbocycles. The summed E-state index contributed by atoms with van der Waals surface area (Å²) in [6.45, 7) is 1.82. The fourth-order valence-corrected chi connectivity index (χ4v) is 2.11. The summed E-state index contributed by atoms with van der Waals surface area (Å²) in [5.74, 6) is -0.131. The molecular weight excluding hydrogens is 293 g/mol. The van der Waals surface area contributed by atoms with Gasteiger partial charge in [-0.25, -0.2) is 4.39 Å². The Morgan fingerprint density at radius 1 is 1.24 bits per heavy atom. The van der Waals surface area contributed by atoms with Crippen LogP contribution >= 0.6 is 11.6 Å². The van der Waals surface area contributed by atoms with Crippen molar-refractivity contribution in [2.24, 2.45) is 5.73 Å². The van der Waals surface area contributed by atoms with Crippen molar-refractivity contribution in [3.05, 3.63) is 58.4 Å². The Labute approximate surface area is 128 Å². The van der Waals surface area contributed by atoms with Crippen LogP contribution in [0.2, 0.25) is 5.02 Å². The van der Waals surface area contributed by atoms with Crippen LogP contribution in [0, 0.1) is 5.82 Å². The molecule has 0 aliphatic rings. The Kier molecular flexibility index (Phi) is 5.17. The van der Waals surface area contributed by atoms with E-state index >= 15 is 0 Å². The van der Waals surface area contributed by atoms with Gasteiger partial charge in [0.2, 0.25) is 0 Å². The second kappa shape index (κ2) is 6.89. The zero-order chi connectivity index (χ0) is 15.4. The van der Waals surface area contributed by atoms with E-state index in [1.807, 2.05) is 6.92 Å². The summed E-state index contributed by atoms with van der Waals surface area (Å²) in [7, 11) is 0. The molecule has 0 unspecified atom stereocenters. The normalized spacial score (nSPS) is 12.2. The van der Waals surface area contributed by atoms with Gasteiger partial charge in [0.15, 0.2) is 11.6 Å². The molecular formula is C16H17ClFNO2. The standard InChI is InChI=1S/C16H17ClFNO2/c1-2-14(19)12-7-8-13(17)16(15(12)18)21-11-5-3-10(9-20)4-6-11/h3-8,14,20H,2,9,19H2,1H3/t14-/m0/s1. The van der Waals surface area contributed by atoms with E-state index in [0.717, 1.165) is 5.56 Å². The van der Waals surface area contributed by atoms with Crippen LogP contribution in [0.4, 0.5) is 4.39 Å². The van der Waals surface area contributed by atoms with Gasteiger partial charge >= 0.3 is 0 Å². The highest BCUT2D eigenvalue weighted by Crippen LogP contribution is 2.36. The van der Waals surface area contributed by atoms with Gasteiger partial charge in [-0.1, -0.05) is 36.7 Å². The van der Waals surface area contributed by atoms with Gasteiger partial charge in [-0.15, -0.1) is 0 Å². The van der Waals surface area contributed by atoms with Crippen molar-refractivity contribution in [3.63, 3.8) is 0 Å². The van der Waals surface area contributed by atoms with Crippen LogP contribution in [0.25, 0.3) is 0 Å². The summed E-state index contributed by atoms with van der Waals surface area (Å²) in [6, 6.07) is 9.44. The minimum atomic E-state index is -0.539. The van der Waals surface area contributed by atoms with E-state index in [2.05, 4.69) is 0 Å². The molecule has 0 saturated heterocycles. The summed E-state index contributed by atoms with van der Waals surface area (Å²) in [4.78, 5) is 0. The fraction of sp³-hybridized carbons (Fsp3) is 0.250. The van der Waals surface area contributed by atoms with Gasteiger partial charge in [0.25, 0.3) is 0 Å². The minimum Gasteiger partial charge on any atom is -0.453 e. The van der Waals surface area contributed by atoms with Crippen molar-refractivity contribution in [3.8, 4) is 11.5 Å². The zero-order valence-electron chi connectivity index (χ0n) is 11.6. The molecule has 2 aromatic rings. The predicted octanol–water partition coefficient (Wildman–Crippen LogP) is 4.17. The van der Waals surface area contributed by atoms with Crippen LogP contribution in [-0.4, -0.2) is 5.11 Å². The second-order valence-electron chi connectivity index (χ2n) is 4.70. The lowest BCUT2D eigenvalue weighted by atomic mass is 10.0. The molecule has 0 aliphatic carbocycles. The SMILES string of the molecule is CC[C@H](N)c1ccc(Cl)c(Oc2ccc(CO)cc2)c1F. The molecule has 3 N–H and O–H groups in total. The number of aliphatic hydroxyl groups is 1. The van der Waals surface area contributed by atoms with Gasteiger partial charge in [-0.3, -0.25) is 0 Å². The van der Waals surface area contributed by atoms with E-state index in [1.165, 1.54) is 0 Å². The summed E-state index contributed by atoms with van der Waals surface area (Å²) in [5, 5.41) is 9.18. The first-order chi connectivity index (χ1) is 10.1. The molecule has 0 fully saturated rings. The summed E-state index contributed by atoms with van der Waals surface area (Å²) in [5.41, 5.74) is 7.00. The van der Waals surface area contributed by atoms with E-state index < -0.39 is 11.9 Å². The highest BCUT2D eigenvalue weighted by atomic mass is 35.5. The molecule has 2 aromatic carbocycles. The second-order valence-corrected chi connectivity index (χ2v) is 5.11. The molecule has 3 nitrogen and oxygen atoms in total. The van der Waals surface area contributed by atoms with E-state index in [-0.39, 0.29) is 17.4 Å². The van der Waals surface area contributed by atoms with Gasteiger partial charge in [0, 0.05) is 11.6 Å². The van der Waals surface area contributed by atoms with Crippen LogP contribution in [0.1, 0.15) is 30.5 Å². The van der Waals surface area contributed by atoms with Crippen LogP contribution in [0.15, 0.2) is 36.4 Å². The van der Waals surface area contributed by atoms with Gasteiger partial charge in [-0.2, -0.15) is 0 Å². The molecule has 0 spiro atoms. The summed E-state index contributed by atoms with van der Waals surface area (Å²) < 4.78 is 20.0. The van der Waals surface area contributed by atoms with Crippen molar-refractivity contribution in [2.75, 3.05) is 0 Å². The summed E-state index contributed by atoms with van der Waals surface area (Å²) >= 11 is 6.01. The highest BCUT2D eigenvalue weighted by molar-refractivity contribution is 6.32. The van der Waals surface area contributed by atoms with Crippen LogP contribution < -0.4 is 10.5 Å². The zero-order valence-corrected chi connectivity index (χ0v) is 12.4. The van der Waals surface area contributed by atoms with Crippen molar-refractivity contribution in [1.29, 1.82) is 0 Å². The molecule has 112 valence electrons. The molecule has 1 atom stereocenters. The minimum absolute atomic E-state index is 0.0326. The lowest BCUT2D eigenvalue weighted by Crippen LogP contribution is -2.11. The van der Waals surface area contributed by atoms with E-state index in [1.54, 1.807) is 36.4 Å². The third-order valence-electron chi connectivity index (χ3n) is 3.24. The monoisotopic (exact) mass is 309 g/mol. The highest BCUT2D eigenvalue weighted by Gasteiger charge is 2.18. The van der Waals surface area contributed by atoms with Crippen LogP contribution in [-0.2, 0) is 6.61 Å². The molecule has 0 bridgehead atoms. The lowest BCUT2D eigenvalue weighted by Gasteiger charge is -2.15. The van der Waals surface area contributed by atoms with Gasteiger partial charge < -0.3 is 15.6 Å². The largest absolute Gasteiger partial charge is 0.453 e. The number of halogens is 2. The number of hydrogen-bond acceptors (Lipinski definition) is 3. The molecule has 0 radical (unpaired) electrons. The molecule has 2 rings (SSSR count). The molecule has 0 aliphatic heterocycles. The van der Waals surface area contributed by atoms with Crippen LogP contribution in [0.3, 0.4) is 0 Å². The Balaban J connectivity index is 2.33. The average Bonchev–Trinajstić information content (AvgIpc) is 2.51. The topological polar surface area (TPSA) is 55.5 Å². The first-order valence-corrected chi connectivity index (χ1v) is 7.05. The Morgan fingerprint density at radius 2 is 1.90 bits per heavy atom. The maximum absolute atomic E-state index is 14.5. The van der Waals surface area contributed by atoms with E-state index in [9.17, 15) is 4.39 Å². The maximum Gasteiger partial charge on any atom is 0.181 e. The van der Waals surface area contributed by atoms with Gasteiger partial charge in [-0.05, 0) is 30.2 Å². The van der Waals surface area contributed by atoms with Gasteiger partial charge in [0.1, 0.15) is 5.75 Å². The molecule has 21 heavy (non-hydrogen) atoms. The van der Waals surface area contributed by atoms with Crippen molar-refractivity contribution < 1.29 is 14.2 Å². The third-order valence-corrected chi connectivity index (χ3v) is 3.54. The average molecular weight is 310 g/mol. The van der Waals surface area contributed by atoms with E-state index in [4.69, 9.17) is 27.2 Å². The first-order valence-electron chi connectivity index (χ1n) is 6.68. The quantitative estimate of drug-likeness (QED) is 0.871. The summed E-state index contributed by atoms with van der Waals surface area (Å²) in [6.07, 6.45) is 0.614. The Morgan fingerprint density at radius 3 is 2.48 bits per heavy atom. The number of aliphatic hydroxyl groups excluding tert-OH is 1.